The Kier molecular flexibility index (Phi) is 3.14. The molecule has 2 rings (SSSR count). The molecule has 16 heavy (non-hydrogen) atoms. The molecule has 0 amide bonds. The largest absolute Gasteiger partial charge is 0.393 e. The van der Waals surface area contributed by atoms with Gasteiger partial charge in [-0.25, -0.2) is 0 Å². The topological polar surface area (TPSA) is 63.3 Å². The van der Waals surface area contributed by atoms with Crippen LogP contribution >= 0.6 is 0 Å². The molecular weight excluding hydrogens is 204 g/mol. The number of hydrogen-bond donors (Lipinski definition) is 1. The molecule has 5 nitrogen and oxygen atoms in total. The van der Waals surface area contributed by atoms with Gasteiger partial charge in [0.2, 0.25) is 0 Å². The van der Waals surface area contributed by atoms with E-state index in [1.54, 1.807) is 18.7 Å². The Morgan fingerprint density at radius 1 is 1.44 bits per heavy atom. The van der Waals surface area contributed by atoms with Crippen LogP contribution in [-0.4, -0.2) is 30.8 Å². The first-order valence-electron chi connectivity index (χ1n) is 5.48. The molecule has 0 spiro atoms. The van der Waals surface area contributed by atoms with Crippen LogP contribution in [-0.2, 0) is 6.42 Å². The van der Waals surface area contributed by atoms with Crippen molar-refractivity contribution >= 4 is 5.65 Å². The highest BCUT2D eigenvalue weighted by Gasteiger charge is 2.12. The molecule has 1 unspecified atom stereocenters. The number of aromatic nitrogens is 4. The fourth-order valence-electron chi connectivity index (χ4n) is 1.81. The van der Waals surface area contributed by atoms with Crippen molar-refractivity contribution in [3.63, 3.8) is 0 Å². The maximum absolute atomic E-state index is 9.87. The predicted molar refractivity (Wildman–Crippen MR) is 59.9 cm³/mol. The zero-order valence-electron chi connectivity index (χ0n) is 9.54. The summed E-state index contributed by atoms with van der Waals surface area (Å²) in [5.41, 5.74) is 1.53. The maximum Gasteiger partial charge on any atom is 0.182 e. The highest BCUT2D eigenvalue weighted by molar-refractivity contribution is 5.41. The van der Waals surface area contributed by atoms with Crippen LogP contribution < -0.4 is 0 Å². The first-order chi connectivity index (χ1) is 7.66. The highest BCUT2D eigenvalue weighted by Crippen LogP contribution is 2.12. The van der Waals surface area contributed by atoms with Crippen LogP contribution in [0.2, 0.25) is 0 Å². The summed E-state index contributed by atoms with van der Waals surface area (Å²) >= 11 is 0. The molecule has 0 fully saturated rings. The van der Waals surface area contributed by atoms with E-state index in [1.165, 1.54) is 0 Å². The molecular formula is C11H16N4O. The maximum atomic E-state index is 9.87. The monoisotopic (exact) mass is 220 g/mol. The van der Waals surface area contributed by atoms with Gasteiger partial charge in [0.05, 0.1) is 11.8 Å². The van der Waals surface area contributed by atoms with Gasteiger partial charge in [-0.3, -0.25) is 9.38 Å². The Balaban J connectivity index is 2.17. The second-order valence-electron chi connectivity index (χ2n) is 4.42. The van der Waals surface area contributed by atoms with E-state index in [9.17, 15) is 5.11 Å². The van der Waals surface area contributed by atoms with E-state index in [-0.39, 0.29) is 6.10 Å². The molecule has 0 aliphatic carbocycles. The molecule has 0 saturated carbocycles. The standard InChI is InChI=1S/C11H16N4O/c1-8(2)5-9(16)6-10-11-14-13-7-15(11)4-3-12-10/h3-4,7-9,16H,5-6H2,1-2H3. The van der Waals surface area contributed by atoms with Crippen LogP contribution in [0.3, 0.4) is 0 Å². The van der Waals surface area contributed by atoms with Gasteiger partial charge < -0.3 is 5.11 Å². The third kappa shape index (κ3) is 2.36. The zero-order chi connectivity index (χ0) is 11.5. The third-order valence-electron chi connectivity index (χ3n) is 2.46. The van der Waals surface area contributed by atoms with Crippen molar-refractivity contribution < 1.29 is 5.11 Å². The molecule has 2 aromatic heterocycles. The van der Waals surface area contributed by atoms with E-state index in [4.69, 9.17) is 0 Å². The molecule has 5 heteroatoms. The molecule has 2 heterocycles. The van der Waals surface area contributed by atoms with E-state index in [0.717, 1.165) is 17.8 Å². The Morgan fingerprint density at radius 2 is 2.25 bits per heavy atom. The van der Waals surface area contributed by atoms with Crippen LogP contribution in [0.1, 0.15) is 26.0 Å². The van der Waals surface area contributed by atoms with Gasteiger partial charge in [-0.05, 0) is 12.3 Å². The van der Waals surface area contributed by atoms with E-state index in [1.807, 2.05) is 4.40 Å². The van der Waals surface area contributed by atoms with Crippen molar-refractivity contribution in [3.05, 3.63) is 24.4 Å². The van der Waals surface area contributed by atoms with Crippen molar-refractivity contribution in [2.24, 2.45) is 5.92 Å². The molecule has 0 saturated heterocycles. The minimum Gasteiger partial charge on any atom is -0.393 e. The van der Waals surface area contributed by atoms with E-state index in [0.29, 0.717) is 12.3 Å². The summed E-state index contributed by atoms with van der Waals surface area (Å²) in [5, 5.41) is 17.7. The second-order valence-corrected chi connectivity index (χ2v) is 4.42. The van der Waals surface area contributed by atoms with Crippen LogP contribution in [0.15, 0.2) is 18.7 Å². The smallest absolute Gasteiger partial charge is 0.182 e. The van der Waals surface area contributed by atoms with Gasteiger partial charge >= 0.3 is 0 Å². The summed E-state index contributed by atoms with van der Waals surface area (Å²) in [6.07, 6.45) is 6.07. The number of aliphatic hydroxyl groups excluding tert-OH is 1. The molecule has 0 aliphatic rings. The van der Waals surface area contributed by atoms with E-state index < -0.39 is 0 Å². The Morgan fingerprint density at radius 3 is 3.00 bits per heavy atom. The first kappa shape index (κ1) is 11.0. The lowest BCUT2D eigenvalue weighted by atomic mass is 10.0. The summed E-state index contributed by atoms with van der Waals surface area (Å²) in [7, 11) is 0. The van der Waals surface area contributed by atoms with Gasteiger partial charge in [0.15, 0.2) is 5.65 Å². The minimum absolute atomic E-state index is 0.365. The number of hydrogen-bond acceptors (Lipinski definition) is 4. The summed E-state index contributed by atoms with van der Waals surface area (Å²) in [4.78, 5) is 4.24. The van der Waals surface area contributed by atoms with Crippen LogP contribution in [0.25, 0.3) is 5.65 Å². The van der Waals surface area contributed by atoms with E-state index in [2.05, 4.69) is 29.0 Å². The third-order valence-corrected chi connectivity index (χ3v) is 2.46. The lowest BCUT2D eigenvalue weighted by molar-refractivity contribution is 0.148. The number of rotatable bonds is 4. The van der Waals surface area contributed by atoms with Gasteiger partial charge in [-0.15, -0.1) is 10.2 Å². The fraction of sp³-hybridized carbons (Fsp3) is 0.545. The van der Waals surface area contributed by atoms with Crippen molar-refractivity contribution in [2.45, 2.75) is 32.8 Å². The van der Waals surface area contributed by atoms with Crippen LogP contribution in [0, 0.1) is 5.92 Å². The zero-order valence-corrected chi connectivity index (χ0v) is 9.54. The van der Waals surface area contributed by atoms with Crippen LogP contribution in [0.5, 0.6) is 0 Å². The van der Waals surface area contributed by atoms with Gasteiger partial charge in [-0.1, -0.05) is 13.8 Å². The molecule has 1 atom stereocenters. The summed E-state index contributed by atoms with van der Waals surface area (Å²) in [6, 6.07) is 0. The molecule has 86 valence electrons. The van der Waals surface area contributed by atoms with Crippen molar-refractivity contribution in [1.29, 1.82) is 0 Å². The van der Waals surface area contributed by atoms with Crippen molar-refractivity contribution in [2.75, 3.05) is 0 Å². The molecule has 0 bridgehead atoms. The molecule has 1 N–H and O–H groups in total. The Bertz CT molecular complexity index is 466. The normalized spacial score (nSPS) is 13.5. The Hall–Kier alpha value is -1.49. The first-order valence-corrected chi connectivity index (χ1v) is 5.48. The second kappa shape index (κ2) is 4.57. The quantitative estimate of drug-likeness (QED) is 0.837. The summed E-state index contributed by atoms with van der Waals surface area (Å²) in [5.74, 6) is 0.479. The van der Waals surface area contributed by atoms with Crippen molar-refractivity contribution in [3.8, 4) is 0 Å². The van der Waals surface area contributed by atoms with Gasteiger partial charge in [0, 0.05) is 18.8 Å². The van der Waals surface area contributed by atoms with Gasteiger partial charge in [0.25, 0.3) is 0 Å². The summed E-state index contributed by atoms with van der Waals surface area (Å²) in [6.45, 7) is 4.18. The highest BCUT2D eigenvalue weighted by atomic mass is 16.3. The van der Waals surface area contributed by atoms with E-state index >= 15 is 0 Å². The lowest BCUT2D eigenvalue weighted by Gasteiger charge is -2.12. The molecule has 2 aromatic rings. The molecule has 0 radical (unpaired) electrons. The molecule has 0 aromatic carbocycles. The predicted octanol–water partition coefficient (Wildman–Crippen LogP) is 1.07. The summed E-state index contributed by atoms with van der Waals surface area (Å²) < 4.78 is 1.81. The lowest BCUT2D eigenvalue weighted by Crippen LogP contribution is -2.15. The number of fused-ring (bicyclic) bond motifs is 1. The number of nitrogens with zero attached hydrogens (tertiary/aromatic N) is 4. The average Bonchev–Trinajstić information content (AvgIpc) is 2.65. The van der Waals surface area contributed by atoms with Crippen molar-refractivity contribution in [1.82, 2.24) is 19.6 Å². The Labute approximate surface area is 94.2 Å². The van der Waals surface area contributed by atoms with Crippen LogP contribution in [0.4, 0.5) is 0 Å². The van der Waals surface area contributed by atoms with Gasteiger partial charge in [0.1, 0.15) is 6.33 Å². The fourth-order valence-corrected chi connectivity index (χ4v) is 1.81. The average molecular weight is 220 g/mol. The van der Waals surface area contributed by atoms with Gasteiger partial charge in [-0.2, -0.15) is 0 Å². The molecule has 0 aliphatic heterocycles. The minimum atomic E-state index is -0.365. The SMILES string of the molecule is CC(C)CC(O)Cc1nccn2cnnc12. The number of aliphatic hydroxyl groups is 1.